The SMILES string of the molecule is CCc1nc(NN)c(C)c(Nc2cc(OC)ccc2Cl)n1. The maximum atomic E-state index is 6.20. The van der Waals surface area contributed by atoms with E-state index in [-0.39, 0.29) is 0 Å². The lowest BCUT2D eigenvalue weighted by molar-refractivity contribution is 0.415. The monoisotopic (exact) mass is 307 g/mol. The van der Waals surface area contributed by atoms with Gasteiger partial charge in [-0.2, -0.15) is 0 Å². The van der Waals surface area contributed by atoms with Crippen LogP contribution in [0.5, 0.6) is 5.75 Å². The average molecular weight is 308 g/mol. The minimum atomic E-state index is 0.578. The van der Waals surface area contributed by atoms with Gasteiger partial charge in [0.05, 0.1) is 17.8 Å². The van der Waals surface area contributed by atoms with E-state index in [1.807, 2.05) is 19.9 Å². The molecule has 4 N–H and O–H groups in total. The number of methoxy groups -OCH3 is 1. The Labute approximate surface area is 128 Å². The molecule has 0 saturated carbocycles. The average Bonchev–Trinajstić information content (AvgIpc) is 2.51. The van der Waals surface area contributed by atoms with Crippen LogP contribution in [0.1, 0.15) is 18.3 Å². The van der Waals surface area contributed by atoms with Gasteiger partial charge in [0.15, 0.2) is 0 Å². The molecule has 2 aromatic rings. The van der Waals surface area contributed by atoms with Crippen molar-refractivity contribution >= 4 is 28.9 Å². The Hall–Kier alpha value is -2.05. The zero-order valence-corrected chi connectivity index (χ0v) is 13.0. The number of ether oxygens (including phenoxy) is 1. The summed E-state index contributed by atoms with van der Waals surface area (Å²) in [4.78, 5) is 8.80. The fourth-order valence-corrected chi connectivity index (χ4v) is 2.00. The van der Waals surface area contributed by atoms with Crippen LogP contribution in [0.4, 0.5) is 17.3 Å². The van der Waals surface area contributed by atoms with Crippen LogP contribution in [-0.4, -0.2) is 17.1 Å². The first-order chi connectivity index (χ1) is 10.1. The molecule has 0 radical (unpaired) electrons. The summed E-state index contributed by atoms with van der Waals surface area (Å²) in [5.41, 5.74) is 4.11. The summed E-state index contributed by atoms with van der Waals surface area (Å²) in [6.45, 7) is 3.86. The third-order valence-electron chi connectivity index (χ3n) is 3.07. The number of hydrogen-bond acceptors (Lipinski definition) is 6. The molecule has 21 heavy (non-hydrogen) atoms. The van der Waals surface area contributed by atoms with E-state index in [9.17, 15) is 0 Å². The predicted molar refractivity (Wildman–Crippen MR) is 85.2 cm³/mol. The van der Waals surface area contributed by atoms with Crippen molar-refractivity contribution in [2.24, 2.45) is 5.84 Å². The highest BCUT2D eigenvalue weighted by molar-refractivity contribution is 6.33. The van der Waals surface area contributed by atoms with Crippen molar-refractivity contribution in [3.63, 3.8) is 0 Å². The van der Waals surface area contributed by atoms with Crippen LogP contribution in [-0.2, 0) is 6.42 Å². The van der Waals surface area contributed by atoms with Gasteiger partial charge in [-0.05, 0) is 19.1 Å². The fraction of sp³-hybridized carbons (Fsp3) is 0.286. The second-order valence-corrected chi connectivity index (χ2v) is 4.84. The number of benzene rings is 1. The second-order valence-electron chi connectivity index (χ2n) is 4.43. The highest BCUT2D eigenvalue weighted by Crippen LogP contribution is 2.31. The molecule has 7 heteroatoms. The quantitative estimate of drug-likeness (QED) is 0.581. The maximum Gasteiger partial charge on any atom is 0.148 e. The first-order valence-electron chi connectivity index (χ1n) is 6.53. The molecule has 0 fully saturated rings. The Bertz CT molecular complexity index is 648. The largest absolute Gasteiger partial charge is 0.497 e. The molecule has 0 amide bonds. The Kier molecular flexibility index (Phi) is 4.82. The first-order valence-corrected chi connectivity index (χ1v) is 6.91. The van der Waals surface area contributed by atoms with Gasteiger partial charge in [0, 0.05) is 18.1 Å². The highest BCUT2D eigenvalue weighted by atomic mass is 35.5. The lowest BCUT2D eigenvalue weighted by atomic mass is 10.2. The topological polar surface area (TPSA) is 85.1 Å². The van der Waals surface area contributed by atoms with E-state index in [0.29, 0.717) is 40.3 Å². The number of hydrogen-bond donors (Lipinski definition) is 3. The van der Waals surface area contributed by atoms with Gasteiger partial charge in [-0.15, -0.1) is 0 Å². The number of halogens is 1. The van der Waals surface area contributed by atoms with Crippen molar-refractivity contribution in [1.29, 1.82) is 0 Å². The maximum absolute atomic E-state index is 6.20. The van der Waals surface area contributed by atoms with Crippen molar-refractivity contribution in [3.05, 3.63) is 34.6 Å². The Morgan fingerprint density at radius 3 is 2.62 bits per heavy atom. The van der Waals surface area contributed by atoms with Crippen LogP contribution < -0.4 is 21.3 Å². The number of hydrazine groups is 1. The van der Waals surface area contributed by atoms with Gasteiger partial charge in [0.1, 0.15) is 23.2 Å². The summed E-state index contributed by atoms with van der Waals surface area (Å²) in [5.74, 6) is 8.14. The molecule has 0 atom stereocenters. The molecular weight excluding hydrogens is 290 g/mol. The number of nitrogens with zero attached hydrogens (tertiary/aromatic N) is 2. The van der Waals surface area contributed by atoms with Crippen LogP contribution in [0.25, 0.3) is 0 Å². The van der Waals surface area contributed by atoms with Crippen LogP contribution in [0.15, 0.2) is 18.2 Å². The van der Waals surface area contributed by atoms with Crippen molar-refractivity contribution in [2.75, 3.05) is 17.9 Å². The number of anilines is 3. The molecule has 0 aliphatic heterocycles. The van der Waals surface area contributed by atoms with Gasteiger partial charge in [-0.3, -0.25) is 0 Å². The van der Waals surface area contributed by atoms with Crippen LogP contribution in [0.3, 0.4) is 0 Å². The Morgan fingerprint density at radius 1 is 1.29 bits per heavy atom. The molecule has 1 heterocycles. The molecule has 1 aromatic heterocycles. The number of nitrogens with two attached hydrogens (primary N) is 1. The van der Waals surface area contributed by atoms with E-state index in [1.165, 1.54) is 0 Å². The molecular formula is C14H18ClN5O. The van der Waals surface area contributed by atoms with E-state index >= 15 is 0 Å². The van der Waals surface area contributed by atoms with E-state index < -0.39 is 0 Å². The molecule has 112 valence electrons. The molecule has 1 aromatic carbocycles. The molecule has 0 aliphatic rings. The lowest BCUT2D eigenvalue weighted by Gasteiger charge is -2.14. The number of aryl methyl sites for hydroxylation is 1. The van der Waals surface area contributed by atoms with Gasteiger partial charge >= 0.3 is 0 Å². The van der Waals surface area contributed by atoms with E-state index in [2.05, 4.69) is 20.7 Å². The molecule has 0 unspecified atom stereocenters. The summed E-state index contributed by atoms with van der Waals surface area (Å²) in [7, 11) is 1.61. The van der Waals surface area contributed by atoms with E-state index in [1.54, 1.807) is 19.2 Å². The normalized spacial score (nSPS) is 10.3. The molecule has 0 aliphatic carbocycles. The van der Waals surface area contributed by atoms with E-state index in [4.69, 9.17) is 22.2 Å². The zero-order valence-electron chi connectivity index (χ0n) is 12.2. The van der Waals surface area contributed by atoms with Crippen molar-refractivity contribution in [3.8, 4) is 5.75 Å². The summed E-state index contributed by atoms with van der Waals surface area (Å²) in [6.07, 6.45) is 0.704. The number of rotatable bonds is 5. The summed E-state index contributed by atoms with van der Waals surface area (Å²) >= 11 is 6.20. The Morgan fingerprint density at radius 2 is 2.00 bits per heavy atom. The lowest BCUT2D eigenvalue weighted by Crippen LogP contribution is -2.14. The van der Waals surface area contributed by atoms with Gasteiger partial charge < -0.3 is 15.5 Å². The van der Waals surface area contributed by atoms with Crippen molar-refractivity contribution in [1.82, 2.24) is 9.97 Å². The van der Waals surface area contributed by atoms with Crippen molar-refractivity contribution < 1.29 is 4.74 Å². The standard InChI is InChI=1S/C14H18ClN5O/c1-4-12-18-13(8(2)14(19-12)20-16)17-11-7-9(21-3)5-6-10(11)15/h5-7H,4,16H2,1-3H3,(H2,17,18,19,20). The second kappa shape index (κ2) is 6.60. The summed E-state index contributed by atoms with van der Waals surface area (Å²) < 4.78 is 5.20. The number of nitrogen functional groups attached to an aromatic ring is 1. The van der Waals surface area contributed by atoms with Gasteiger partial charge in [-0.25, -0.2) is 15.8 Å². The zero-order chi connectivity index (χ0) is 15.4. The molecule has 0 bridgehead atoms. The van der Waals surface area contributed by atoms with Crippen LogP contribution >= 0.6 is 11.6 Å². The third-order valence-corrected chi connectivity index (χ3v) is 3.40. The molecule has 0 saturated heterocycles. The third kappa shape index (κ3) is 3.34. The summed E-state index contributed by atoms with van der Waals surface area (Å²) in [5, 5.41) is 3.78. The Balaban J connectivity index is 2.43. The number of aromatic nitrogens is 2. The minimum absolute atomic E-state index is 0.578. The molecule has 2 rings (SSSR count). The van der Waals surface area contributed by atoms with Crippen LogP contribution in [0, 0.1) is 6.92 Å². The fourth-order valence-electron chi connectivity index (χ4n) is 1.84. The molecule has 6 nitrogen and oxygen atoms in total. The smallest absolute Gasteiger partial charge is 0.148 e. The van der Waals surface area contributed by atoms with Crippen LogP contribution in [0.2, 0.25) is 5.02 Å². The number of nitrogens with one attached hydrogen (secondary N) is 2. The summed E-state index contributed by atoms with van der Waals surface area (Å²) in [6, 6.07) is 5.37. The minimum Gasteiger partial charge on any atom is -0.497 e. The van der Waals surface area contributed by atoms with Crippen molar-refractivity contribution in [2.45, 2.75) is 20.3 Å². The predicted octanol–water partition coefficient (Wildman–Crippen LogP) is 3.04. The first kappa shape index (κ1) is 15.3. The van der Waals surface area contributed by atoms with Gasteiger partial charge in [0.25, 0.3) is 0 Å². The van der Waals surface area contributed by atoms with Gasteiger partial charge in [0.2, 0.25) is 0 Å². The van der Waals surface area contributed by atoms with Gasteiger partial charge in [-0.1, -0.05) is 18.5 Å². The molecule has 0 spiro atoms. The van der Waals surface area contributed by atoms with E-state index in [0.717, 1.165) is 5.56 Å². The highest BCUT2D eigenvalue weighted by Gasteiger charge is 2.11.